The fourth-order valence-electron chi connectivity index (χ4n) is 6.44. The molecular formula is C33H27F6N3O2. The molecule has 0 bridgehead atoms. The number of pyridine rings is 1. The summed E-state index contributed by atoms with van der Waals surface area (Å²) in [5.41, 5.74) is 0.721. The molecule has 3 aliphatic rings. The number of hydrogen-bond acceptors (Lipinski definition) is 4. The van der Waals surface area contributed by atoms with Gasteiger partial charge in [0.2, 0.25) is 0 Å². The van der Waals surface area contributed by atoms with Gasteiger partial charge in [0.25, 0.3) is 12.3 Å². The number of Topliss-reactive ketones (excluding diaryl/α,β-unsaturated/α-hetero) is 1. The molecule has 0 saturated heterocycles. The van der Waals surface area contributed by atoms with Crippen molar-refractivity contribution in [3.63, 3.8) is 0 Å². The maximum atomic E-state index is 15.1. The number of nitrogens with zero attached hydrogens (tertiary/aromatic N) is 3. The van der Waals surface area contributed by atoms with Crippen LogP contribution in [0.4, 0.5) is 26.3 Å². The summed E-state index contributed by atoms with van der Waals surface area (Å²) >= 11 is 0. The predicted molar refractivity (Wildman–Crippen MR) is 148 cm³/mol. The van der Waals surface area contributed by atoms with Crippen LogP contribution in [-0.2, 0) is 23.7 Å². The Morgan fingerprint density at radius 2 is 1.75 bits per heavy atom. The maximum Gasteiger partial charge on any atom is 0.293 e. The molecule has 0 aliphatic heterocycles. The zero-order chi connectivity index (χ0) is 30.7. The Kier molecular flexibility index (Phi) is 7.01. The molecule has 2 fully saturated rings. The van der Waals surface area contributed by atoms with Crippen LogP contribution in [0.2, 0.25) is 0 Å². The van der Waals surface area contributed by atoms with Crippen LogP contribution in [0.25, 0.3) is 11.1 Å². The Morgan fingerprint density at radius 3 is 2.43 bits per heavy atom. The third kappa shape index (κ3) is 5.37. The van der Waals surface area contributed by atoms with Crippen molar-refractivity contribution in [3.8, 4) is 16.9 Å². The third-order valence-corrected chi connectivity index (χ3v) is 8.59. The van der Waals surface area contributed by atoms with Gasteiger partial charge < -0.3 is 4.74 Å². The van der Waals surface area contributed by atoms with E-state index in [1.165, 1.54) is 6.20 Å². The second kappa shape index (κ2) is 10.8. The number of ketones is 1. The van der Waals surface area contributed by atoms with E-state index in [2.05, 4.69) is 10.1 Å². The number of hydrogen-bond donors (Lipinski definition) is 0. The molecule has 0 amide bonds. The molecule has 2 saturated carbocycles. The van der Waals surface area contributed by atoms with Crippen LogP contribution in [0.15, 0.2) is 60.8 Å². The Labute approximate surface area is 248 Å². The first-order chi connectivity index (χ1) is 21.1. The minimum absolute atomic E-state index is 0.00706. The molecule has 2 aromatic heterocycles. The van der Waals surface area contributed by atoms with E-state index in [9.17, 15) is 22.4 Å². The first kappa shape index (κ1) is 28.6. The van der Waals surface area contributed by atoms with Crippen LogP contribution in [0.5, 0.6) is 5.75 Å². The molecule has 2 heterocycles. The van der Waals surface area contributed by atoms with Crippen LogP contribution in [-0.4, -0.2) is 26.7 Å². The van der Waals surface area contributed by atoms with Gasteiger partial charge in [-0.05, 0) is 73.1 Å². The van der Waals surface area contributed by atoms with E-state index in [4.69, 9.17) is 4.74 Å². The van der Waals surface area contributed by atoms with E-state index < -0.39 is 65.5 Å². The van der Waals surface area contributed by atoms with Crippen molar-refractivity contribution < 1.29 is 35.9 Å². The summed E-state index contributed by atoms with van der Waals surface area (Å²) in [6.45, 7) is -0.645. The number of alkyl halides is 4. The van der Waals surface area contributed by atoms with Crippen molar-refractivity contribution in [2.45, 2.75) is 68.9 Å². The number of benzene rings is 2. The zero-order valence-corrected chi connectivity index (χ0v) is 23.3. The molecule has 44 heavy (non-hydrogen) atoms. The van der Waals surface area contributed by atoms with Gasteiger partial charge in [-0.3, -0.25) is 14.5 Å². The number of halogens is 6. The Balaban J connectivity index is 1.21. The number of aromatic nitrogens is 3. The second-order valence-corrected chi connectivity index (χ2v) is 11.9. The van der Waals surface area contributed by atoms with Crippen molar-refractivity contribution in [2.24, 2.45) is 5.92 Å². The highest BCUT2D eigenvalue weighted by atomic mass is 19.3. The van der Waals surface area contributed by atoms with Gasteiger partial charge in [0.1, 0.15) is 35.3 Å². The third-order valence-electron chi connectivity index (χ3n) is 8.59. The molecule has 3 aliphatic carbocycles. The molecule has 4 aromatic rings. The number of carbonyl (C=O) groups is 1. The Bertz CT molecular complexity index is 1710. The molecule has 0 N–H and O–H groups in total. The second-order valence-electron chi connectivity index (χ2n) is 11.9. The average molecular weight is 612 g/mol. The van der Waals surface area contributed by atoms with Crippen molar-refractivity contribution in [1.29, 1.82) is 0 Å². The Hall–Kier alpha value is -4.15. The quantitative estimate of drug-likeness (QED) is 0.162. The van der Waals surface area contributed by atoms with E-state index in [0.29, 0.717) is 17.0 Å². The number of rotatable bonds is 11. The summed E-state index contributed by atoms with van der Waals surface area (Å²) < 4.78 is 92.5. The van der Waals surface area contributed by atoms with Gasteiger partial charge in [0.05, 0.1) is 11.8 Å². The van der Waals surface area contributed by atoms with Crippen LogP contribution in [0, 0.1) is 17.6 Å². The highest BCUT2D eigenvalue weighted by molar-refractivity contribution is 5.80. The van der Waals surface area contributed by atoms with Gasteiger partial charge >= 0.3 is 0 Å². The Morgan fingerprint density at radius 1 is 1.02 bits per heavy atom. The molecule has 11 heteroatoms. The van der Waals surface area contributed by atoms with E-state index in [0.717, 1.165) is 41.3 Å². The lowest BCUT2D eigenvalue weighted by atomic mass is 9.87. The van der Waals surface area contributed by atoms with Gasteiger partial charge in [-0.25, -0.2) is 17.6 Å². The molecule has 5 nitrogen and oxygen atoms in total. The lowest BCUT2D eigenvalue weighted by Crippen LogP contribution is -2.24. The van der Waals surface area contributed by atoms with Gasteiger partial charge in [-0.15, -0.1) is 0 Å². The van der Waals surface area contributed by atoms with Gasteiger partial charge in [0.15, 0.2) is 5.78 Å². The predicted octanol–water partition coefficient (Wildman–Crippen LogP) is 7.90. The van der Waals surface area contributed by atoms with E-state index in [-0.39, 0.29) is 36.5 Å². The standard InChI is InChI=1S/C33H27F6N3O2/c34-20-11-17(12-21(35)14-20)10-19(29-25(2-1-9-40-29)18-3-5-23(6-4-18)44-24-7-8-24)13-22(43)16-42-31-28(30(41-42)32(36)37)26-15-27(26)33(31,38)39/h1-6,9,11-12,14,19,24,26-27,32H,7-8,10,13,15-16H2/t19-,26?,27?/m1/s1. The largest absolute Gasteiger partial charge is 0.490 e. The summed E-state index contributed by atoms with van der Waals surface area (Å²) in [7, 11) is 0. The first-order valence-corrected chi connectivity index (χ1v) is 14.5. The minimum Gasteiger partial charge on any atom is -0.490 e. The smallest absolute Gasteiger partial charge is 0.293 e. The zero-order valence-electron chi connectivity index (χ0n) is 23.3. The molecule has 3 atom stereocenters. The van der Waals surface area contributed by atoms with Crippen molar-refractivity contribution >= 4 is 5.78 Å². The van der Waals surface area contributed by atoms with E-state index in [1.54, 1.807) is 6.07 Å². The van der Waals surface area contributed by atoms with Crippen molar-refractivity contribution in [2.75, 3.05) is 0 Å². The molecule has 228 valence electrons. The lowest BCUT2D eigenvalue weighted by molar-refractivity contribution is -0.120. The van der Waals surface area contributed by atoms with Gasteiger partial charge in [-0.2, -0.15) is 13.9 Å². The minimum atomic E-state index is -3.36. The fraction of sp³-hybridized carbons (Fsp3) is 0.364. The number of fused-ring (bicyclic) bond motifs is 3. The van der Waals surface area contributed by atoms with Crippen LogP contribution in [0.3, 0.4) is 0 Å². The topological polar surface area (TPSA) is 57.0 Å². The van der Waals surface area contributed by atoms with Gasteiger partial charge in [0, 0.05) is 41.6 Å². The average Bonchev–Trinajstić information content (AvgIpc) is 3.89. The molecular weight excluding hydrogens is 584 g/mol. The molecule has 2 aromatic carbocycles. The summed E-state index contributed by atoms with van der Waals surface area (Å²) in [5, 5.41) is 3.77. The van der Waals surface area contributed by atoms with Crippen LogP contribution in [0.1, 0.15) is 72.2 Å². The summed E-state index contributed by atoms with van der Waals surface area (Å²) in [4.78, 5) is 18.1. The molecule has 2 unspecified atom stereocenters. The van der Waals surface area contributed by atoms with Crippen molar-refractivity contribution in [3.05, 3.63) is 101 Å². The summed E-state index contributed by atoms with van der Waals surface area (Å²) in [5.74, 6) is -7.23. The molecule has 0 radical (unpaired) electrons. The normalized spacial score (nSPS) is 20.3. The molecule has 7 rings (SSSR count). The number of ether oxygens (including phenoxy) is 1. The lowest BCUT2D eigenvalue weighted by Gasteiger charge is -2.21. The van der Waals surface area contributed by atoms with E-state index >= 15 is 8.78 Å². The number of carbonyl (C=O) groups excluding carboxylic acids is 1. The van der Waals surface area contributed by atoms with E-state index in [1.807, 2.05) is 30.3 Å². The van der Waals surface area contributed by atoms with Crippen LogP contribution < -0.4 is 4.74 Å². The first-order valence-electron chi connectivity index (χ1n) is 14.5. The summed E-state index contributed by atoms with van der Waals surface area (Å²) in [6.07, 6.45) is 0.577. The highest BCUT2D eigenvalue weighted by Crippen LogP contribution is 2.68. The fourth-order valence-corrected chi connectivity index (χ4v) is 6.44. The maximum absolute atomic E-state index is 15.1. The van der Waals surface area contributed by atoms with Gasteiger partial charge in [-0.1, -0.05) is 18.2 Å². The highest BCUT2D eigenvalue weighted by Gasteiger charge is 2.67. The SMILES string of the molecule is O=C(C[C@@H](Cc1cc(F)cc(F)c1)c1ncccc1-c1ccc(OC2CC2)cc1)Cn1nc(C(F)F)c2c1C(F)(F)C1CC21. The van der Waals surface area contributed by atoms with Crippen molar-refractivity contribution in [1.82, 2.24) is 14.8 Å². The molecule has 0 spiro atoms. The van der Waals surface area contributed by atoms with Crippen LogP contribution >= 0.6 is 0 Å². The monoisotopic (exact) mass is 611 g/mol. The summed E-state index contributed by atoms with van der Waals surface area (Å²) in [6, 6.07) is 14.0.